The summed E-state index contributed by atoms with van der Waals surface area (Å²) < 4.78 is 0. The molecule has 0 fully saturated rings. The molecule has 0 aromatic rings. The van der Waals surface area contributed by atoms with Crippen molar-refractivity contribution >= 4 is 15.8 Å². The van der Waals surface area contributed by atoms with Crippen LogP contribution in [-0.2, 0) is 21.1 Å². The Balaban J connectivity index is 0. The van der Waals surface area contributed by atoms with Crippen LogP contribution in [0.4, 0.5) is 0 Å². The van der Waals surface area contributed by atoms with Crippen LogP contribution in [0.15, 0.2) is 0 Å². The molecule has 0 N–H and O–H groups in total. The smallest absolute Gasteiger partial charge is 0 e. The molecule has 0 unspecified atom stereocenters. The third-order valence-electron chi connectivity index (χ3n) is 2.52. The Morgan fingerprint density at radius 2 is 0.846 bits per heavy atom. The van der Waals surface area contributed by atoms with E-state index in [0.717, 1.165) is 0 Å². The van der Waals surface area contributed by atoms with Gasteiger partial charge in [-0.2, -0.15) is 0 Å². The Morgan fingerprint density at radius 1 is 0.615 bits per heavy atom. The summed E-state index contributed by atoms with van der Waals surface area (Å²) in [5.74, 6) is 0. The standard InChI is InChI=1S/C10H24P2.W/c1-5-11(6-2)9-10-12(7-3)8-4;/h5-10H2,1-4H3;. The quantitative estimate of drug-likeness (QED) is 0.576. The Kier molecular flexibility index (Phi) is 15.2. The molecule has 0 heterocycles. The van der Waals surface area contributed by atoms with Crippen molar-refractivity contribution in [1.82, 2.24) is 0 Å². The average Bonchev–Trinajstić information content (AvgIpc) is 2.13. The Labute approximate surface area is 101 Å². The van der Waals surface area contributed by atoms with Crippen molar-refractivity contribution in [1.29, 1.82) is 0 Å². The van der Waals surface area contributed by atoms with Crippen molar-refractivity contribution in [3.05, 3.63) is 0 Å². The van der Waals surface area contributed by atoms with Crippen molar-refractivity contribution < 1.29 is 21.1 Å². The van der Waals surface area contributed by atoms with Gasteiger partial charge in [-0.1, -0.05) is 27.7 Å². The van der Waals surface area contributed by atoms with E-state index in [1.165, 1.54) is 24.6 Å². The zero-order valence-electron chi connectivity index (χ0n) is 9.55. The van der Waals surface area contributed by atoms with E-state index in [2.05, 4.69) is 27.7 Å². The summed E-state index contributed by atoms with van der Waals surface area (Å²) in [5.41, 5.74) is 0. The minimum Gasteiger partial charge on any atom is -0.107 e. The van der Waals surface area contributed by atoms with Gasteiger partial charge in [0.1, 0.15) is 0 Å². The molecule has 0 atom stereocenters. The van der Waals surface area contributed by atoms with Gasteiger partial charge >= 0.3 is 0 Å². The van der Waals surface area contributed by atoms with Crippen molar-refractivity contribution in [2.24, 2.45) is 0 Å². The van der Waals surface area contributed by atoms with Crippen LogP contribution < -0.4 is 0 Å². The third-order valence-corrected chi connectivity index (χ3v) is 8.16. The second-order valence-corrected chi connectivity index (χ2v) is 9.16. The molecule has 0 radical (unpaired) electrons. The molecule has 80 valence electrons. The summed E-state index contributed by atoms with van der Waals surface area (Å²) in [6.45, 7) is 9.43. The summed E-state index contributed by atoms with van der Waals surface area (Å²) in [7, 11) is 0.832. The number of hydrogen-bond donors (Lipinski definition) is 0. The third kappa shape index (κ3) is 8.54. The average molecular weight is 390 g/mol. The van der Waals surface area contributed by atoms with E-state index >= 15 is 0 Å². The minimum atomic E-state index is 0. The molecule has 0 aromatic carbocycles. The second kappa shape index (κ2) is 11.6. The van der Waals surface area contributed by atoms with E-state index in [1.807, 2.05) is 0 Å². The molecular formula is C10H24P2W. The van der Waals surface area contributed by atoms with Gasteiger partial charge in [-0.05, 0) is 37.0 Å². The van der Waals surface area contributed by atoms with E-state index < -0.39 is 0 Å². The predicted octanol–water partition coefficient (Wildman–Crippen LogP) is 4.03. The topological polar surface area (TPSA) is 0 Å². The SMILES string of the molecule is CCP(CC)CCP(CC)CC.[W]. The van der Waals surface area contributed by atoms with Crippen molar-refractivity contribution in [3.63, 3.8) is 0 Å². The summed E-state index contributed by atoms with van der Waals surface area (Å²) in [5, 5.41) is 0. The van der Waals surface area contributed by atoms with Crippen LogP contribution in [0.3, 0.4) is 0 Å². The van der Waals surface area contributed by atoms with E-state index in [-0.39, 0.29) is 21.1 Å². The van der Waals surface area contributed by atoms with Crippen LogP contribution in [0.25, 0.3) is 0 Å². The zero-order chi connectivity index (χ0) is 9.40. The monoisotopic (exact) mass is 390 g/mol. The summed E-state index contributed by atoms with van der Waals surface area (Å²) >= 11 is 0. The van der Waals surface area contributed by atoms with Gasteiger partial charge in [-0.25, -0.2) is 0 Å². The molecule has 0 aliphatic carbocycles. The van der Waals surface area contributed by atoms with Crippen molar-refractivity contribution in [2.75, 3.05) is 37.0 Å². The van der Waals surface area contributed by atoms with Crippen molar-refractivity contribution in [3.8, 4) is 0 Å². The first kappa shape index (κ1) is 17.0. The van der Waals surface area contributed by atoms with Gasteiger partial charge < -0.3 is 0 Å². The van der Waals surface area contributed by atoms with Gasteiger partial charge in [0, 0.05) is 21.1 Å². The second-order valence-electron chi connectivity index (χ2n) is 3.05. The van der Waals surface area contributed by atoms with E-state index in [9.17, 15) is 0 Å². The molecule has 0 bridgehead atoms. The van der Waals surface area contributed by atoms with Gasteiger partial charge in [0.2, 0.25) is 0 Å². The maximum Gasteiger partial charge on any atom is 0 e. The van der Waals surface area contributed by atoms with Crippen LogP contribution in [0.1, 0.15) is 27.7 Å². The summed E-state index contributed by atoms with van der Waals surface area (Å²) in [6.07, 6.45) is 8.89. The van der Waals surface area contributed by atoms with Crippen LogP contribution in [-0.4, -0.2) is 37.0 Å². The fourth-order valence-corrected chi connectivity index (χ4v) is 5.78. The zero-order valence-corrected chi connectivity index (χ0v) is 14.3. The molecule has 3 heteroatoms. The molecule has 0 saturated carbocycles. The van der Waals surface area contributed by atoms with Crippen LogP contribution in [0, 0.1) is 0 Å². The number of hydrogen-bond acceptors (Lipinski definition) is 0. The molecule has 0 saturated heterocycles. The first-order valence-electron chi connectivity index (χ1n) is 5.23. The van der Waals surface area contributed by atoms with Crippen LogP contribution >= 0.6 is 15.8 Å². The van der Waals surface area contributed by atoms with E-state index in [0.29, 0.717) is 15.8 Å². The first-order valence-corrected chi connectivity index (χ1v) is 9.02. The molecular weight excluding hydrogens is 366 g/mol. The first-order chi connectivity index (χ1) is 5.78. The van der Waals surface area contributed by atoms with Crippen molar-refractivity contribution in [2.45, 2.75) is 27.7 Å². The van der Waals surface area contributed by atoms with Crippen LogP contribution in [0.2, 0.25) is 0 Å². The summed E-state index contributed by atoms with van der Waals surface area (Å²) in [6, 6.07) is 0. The van der Waals surface area contributed by atoms with Gasteiger partial charge in [0.05, 0.1) is 0 Å². The van der Waals surface area contributed by atoms with E-state index in [1.54, 1.807) is 12.3 Å². The molecule has 0 nitrogen and oxygen atoms in total. The molecule has 0 spiro atoms. The van der Waals surface area contributed by atoms with Gasteiger partial charge in [0.15, 0.2) is 0 Å². The van der Waals surface area contributed by atoms with Crippen LogP contribution in [0.5, 0.6) is 0 Å². The molecule has 0 aliphatic heterocycles. The Hall–Kier alpha value is 1.55. The largest absolute Gasteiger partial charge is 0.107 e. The van der Waals surface area contributed by atoms with Gasteiger partial charge in [-0.15, -0.1) is 15.8 Å². The maximum absolute atomic E-state index is 2.36. The minimum absolute atomic E-state index is 0. The molecule has 13 heavy (non-hydrogen) atoms. The fourth-order valence-electron chi connectivity index (χ4n) is 1.36. The molecule has 0 rings (SSSR count). The fraction of sp³-hybridized carbons (Fsp3) is 1.00. The number of rotatable bonds is 7. The molecule has 0 amide bonds. The predicted molar refractivity (Wildman–Crippen MR) is 65.7 cm³/mol. The summed E-state index contributed by atoms with van der Waals surface area (Å²) in [4.78, 5) is 0. The van der Waals surface area contributed by atoms with Gasteiger partial charge in [-0.3, -0.25) is 0 Å². The maximum atomic E-state index is 2.36. The Bertz CT molecular complexity index is 78.9. The Morgan fingerprint density at radius 3 is 1.00 bits per heavy atom. The normalized spacial score (nSPS) is 10.6. The van der Waals surface area contributed by atoms with Gasteiger partial charge in [0.25, 0.3) is 0 Å². The molecule has 0 aliphatic rings. The molecule has 0 aromatic heterocycles. The van der Waals surface area contributed by atoms with E-state index in [4.69, 9.17) is 0 Å².